The SMILES string of the molecule is COc1ccc2c(c1)C(=O)N(C[C@@]1(c3cc4cc5c(cc4o3)CCC5)NC(=O)NC1=O)C2. The molecule has 6 rings (SSSR count). The van der Waals surface area contributed by atoms with Gasteiger partial charge in [0.05, 0.1) is 13.7 Å². The zero-order valence-corrected chi connectivity index (χ0v) is 17.5. The number of benzene rings is 2. The number of amides is 4. The number of nitrogens with one attached hydrogen (secondary N) is 2. The Labute approximate surface area is 183 Å². The molecule has 0 radical (unpaired) electrons. The number of carbonyl (C=O) groups excluding carboxylic acids is 3. The average Bonchev–Trinajstić information content (AvgIpc) is 3.53. The fraction of sp³-hybridized carbons (Fsp3) is 0.292. The van der Waals surface area contributed by atoms with E-state index in [-0.39, 0.29) is 12.5 Å². The van der Waals surface area contributed by atoms with Crippen LogP contribution in [0.3, 0.4) is 0 Å². The smallest absolute Gasteiger partial charge is 0.322 e. The second kappa shape index (κ2) is 6.59. The van der Waals surface area contributed by atoms with E-state index in [2.05, 4.69) is 16.7 Å². The largest absolute Gasteiger partial charge is 0.497 e. The summed E-state index contributed by atoms with van der Waals surface area (Å²) in [5, 5.41) is 5.94. The van der Waals surface area contributed by atoms with Gasteiger partial charge < -0.3 is 19.4 Å². The van der Waals surface area contributed by atoms with Crippen LogP contribution in [-0.2, 0) is 29.7 Å². The molecule has 3 aromatic rings. The van der Waals surface area contributed by atoms with Crippen molar-refractivity contribution in [3.8, 4) is 5.75 Å². The van der Waals surface area contributed by atoms with Gasteiger partial charge in [-0.25, -0.2) is 4.79 Å². The Morgan fingerprint density at radius 2 is 1.88 bits per heavy atom. The predicted octanol–water partition coefficient (Wildman–Crippen LogP) is 2.62. The van der Waals surface area contributed by atoms with Crippen LogP contribution in [0.5, 0.6) is 5.75 Å². The lowest BCUT2D eigenvalue weighted by Crippen LogP contribution is -2.52. The maximum Gasteiger partial charge on any atom is 0.322 e. The van der Waals surface area contributed by atoms with Gasteiger partial charge in [-0.2, -0.15) is 0 Å². The van der Waals surface area contributed by atoms with Gasteiger partial charge in [-0.3, -0.25) is 14.9 Å². The summed E-state index contributed by atoms with van der Waals surface area (Å²) in [4.78, 5) is 39.9. The summed E-state index contributed by atoms with van der Waals surface area (Å²) in [6.07, 6.45) is 3.16. The average molecular weight is 431 g/mol. The van der Waals surface area contributed by atoms with Gasteiger partial charge in [0.15, 0.2) is 5.54 Å². The number of rotatable bonds is 4. The van der Waals surface area contributed by atoms with E-state index in [4.69, 9.17) is 9.15 Å². The summed E-state index contributed by atoms with van der Waals surface area (Å²) in [7, 11) is 1.55. The highest BCUT2D eigenvalue weighted by molar-refractivity contribution is 6.08. The molecule has 0 spiro atoms. The number of urea groups is 1. The molecule has 3 aliphatic rings. The first-order valence-corrected chi connectivity index (χ1v) is 10.6. The second-order valence-electron chi connectivity index (χ2n) is 8.62. The minimum Gasteiger partial charge on any atom is -0.497 e. The summed E-state index contributed by atoms with van der Waals surface area (Å²) >= 11 is 0. The van der Waals surface area contributed by atoms with E-state index < -0.39 is 17.5 Å². The number of nitrogens with zero attached hydrogens (tertiary/aromatic N) is 1. The van der Waals surface area contributed by atoms with Crippen LogP contribution in [0.1, 0.15) is 39.2 Å². The summed E-state index contributed by atoms with van der Waals surface area (Å²) in [6.45, 7) is 0.289. The van der Waals surface area contributed by atoms with Crippen molar-refractivity contribution < 1.29 is 23.5 Å². The first-order valence-electron chi connectivity index (χ1n) is 10.6. The minimum absolute atomic E-state index is 0.0417. The zero-order valence-electron chi connectivity index (χ0n) is 17.5. The van der Waals surface area contributed by atoms with Gasteiger partial charge in [-0.05, 0) is 66.3 Å². The van der Waals surface area contributed by atoms with Crippen LogP contribution in [0.15, 0.2) is 40.8 Å². The van der Waals surface area contributed by atoms with E-state index in [0.717, 1.165) is 30.2 Å². The molecule has 8 nitrogen and oxygen atoms in total. The van der Waals surface area contributed by atoms with Crippen molar-refractivity contribution in [2.75, 3.05) is 13.7 Å². The lowest BCUT2D eigenvalue weighted by molar-refractivity contribution is -0.125. The third kappa shape index (κ3) is 2.65. The van der Waals surface area contributed by atoms with Crippen molar-refractivity contribution >= 4 is 28.8 Å². The molecule has 2 aromatic carbocycles. The minimum atomic E-state index is -1.50. The first kappa shape index (κ1) is 18.9. The summed E-state index contributed by atoms with van der Waals surface area (Å²) < 4.78 is 11.4. The van der Waals surface area contributed by atoms with E-state index in [0.29, 0.717) is 29.2 Å². The molecule has 1 saturated heterocycles. The molecule has 0 bridgehead atoms. The van der Waals surface area contributed by atoms with Crippen LogP contribution in [0, 0.1) is 0 Å². The van der Waals surface area contributed by atoms with Crippen LogP contribution in [-0.4, -0.2) is 36.4 Å². The van der Waals surface area contributed by atoms with Crippen LogP contribution < -0.4 is 15.4 Å². The number of ether oxygens (including phenoxy) is 1. The zero-order chi connectivity index (χ0) is 22.0. The molecule has 0 unspecified atom stereocenters. The van der Waals surface area contributed by atoms with Crippen molar-refractivity contribution in [1.82, 2.24) is 15.5 Å². The van der Waals surface area contributed by atoms with Crippen LogP contribution in [0.4, 0.5) is 4.79 Å². The van der Waals surface area contributed by atoms with E-state index in [9.17, 15) is 14.4 Å². The number of hydrogen-bond donors (Lipinski definition) is 2. The molecule has 2 aliphatic heterocycles. The molecule has 162 valence electrons. The Balaban J connectivity index is 1.40. The quantitative estimate of drug-likeness (QED) is 0.619. The molecule has 8 heteroatoms. The molecule has 0 saturated carbocycles. The van der Waals surface area contributed by atoms with E-state index in [1.54, 1.807) is 30.2 Å². The first-order chi connectivity index (χ1) is 15.5. The maximum atomic E-state index is 13.1. The van der Waals surface area contributed by atoms with E-state index >= 15 is 0 Å². The lowest BCUT2D eigenvalue weighted by atomic mass is 9.95. The van der Waals surface area contributed by atoms with Gasteiger partial charge >= 0.3 is 6.03 Å². The lowest BCUT2D eigenvalue weighted by Gasteiger charge is -2.29. The molecule has 1 aliphatic carbocycles. The Morgan fingerprint density at radius 1 is 1.06 bits per heavy atom. The number of carbonyl (C=O) groups is 3. The van der Waals surface area contributed by atoms with Gasteiger partial charge in [0.1, 0.15) is 17.1 Å². The monoisotopic (exact) mass is 431 g/mol. The Bertz CT molecular complexity index is 1290. The molecule has 4 amide bonds. The topological polar surface area (TPSA) is 101 Å². The van der Waals surface area contributed by atoms with Crippen LogP contribution in [0.25, 0.3) is 11.0 Å². The standard InChI is InChI=1S/C24H21N3O5/c1-31-17-6-5-15-11-27(21(28)18(15)10-17)12-24(22(29)25-23(30)26-24)20-9-16-7-13-3-2-4-14(13)8-19(16)32-20/h5-10H,2-4,11-12H2,1H3,(H2,25,26,29,30)/t24-/m0/s1. The van der Waals surface area contributed by atoms with E-state index in [1.807, 2.05) is 12.1 Å². The normalized spacial score (nSPS) is 21.7. The van der Waals surface area contributed by atoms with Gasteiger partial charge in [-0.1, -0.05) is 6.07 Å². The third-order valence-corrected chi connectivity index (χ3v) is 6.72. The third-order valence-electron chi connectivity index (χ3n) is 6.72. The molecule has 2 N–H and O–H groups in total. The number of fused-ring (bicyclic) bond motifs is 3. The van der Waals surface area contributed by atoms with Crippen molar-refractivity contribution in [2.45, 2.75) is 31.3 Å². The predicted molar refractivity (Wildman–Crippen MR) is 114 cm³/mol. The molecule has 32 heavy (non-hydrogen) atoms. The Hall–Kier alpha value is -3.81. The highest BCUT2D eigenvalue weighted by Crippen LogP contribution is 2.36. The number of furan rings is 1. The highest BCUT2D eigenvalue weighted by Gasteiger charge is 2.53. The number of imide groups is 1. The highest BCUT2D eigenvalue weighted by atomic mass is 16.5. The van der Waals surface area contributed by atoms with Gasteiger partial charge in [0.25, 0.3) is 11.8 Å². The fourth-order valence-corrected chi connectivity index (χ4v) is 5.06. The van der Waals surface area contributed by atoms with Gasteiger partial charge in [0, 0.05) is 17.5 Å². The number of hydrogen-bond acceptors (Lipinski definition) is 5. The van der Waals surface area contributed by atoms with Gasteiger partial charge in [0.2, 0.25) is 0 Å². The molecule has 3 heterocycles. The Kier molecular flexibility index (Phi) is 3.90. The molecule has 1 atom stereocenters. The molecular formula is C24H21N3O5. The summed E-state index contributed by atoms with van der Waals surface area (Å²) in [5.74, 6) is 0.157. The molecular weight excluding hydrogens is 410 g/mol. The summed E-state index contributed by atoms with van der Waals surface area (Å²) in [6, 6.07) is 10.6. The van der Waals surface area contributed by atoms with Crippen molar-refractivity contribution in [3.05, 3.63) is 64.4 Å². The Morgan fingerprint density at radius 3 is 2.62 bits per heavy atom. The van der Waals surface area contributed by atoms with Crippen LogP contribution >= 0.6 is 0 Å². The number of aryl methyl sites for hydroxylation is 2. The molecule has 1 fully saturated rings. The second-order valence-corrected chi connectivity index (χ2v) is 8.62. The van der Waals surface area contributed by atoms with Gasteiger partial charge in [-0.15, -0.1) is 0 Å². The number of methoxy groups -OCH3 is 1. The fourth-order valence-electron chi connectivity index (χ4n) is 5.06. The van der Waals surface area contributed by atoms with Crippen molar-refractivity contribution in [2.24, 2.45) is 0 Å². The van der Waals surface area contributed by atoms with Crippen LogP contribution in [0.2, 0.25) is 0 Å². The summed E-state index contributed by atoms with van der Waals surface area (Å²) in [5.41, 5.74) is 3.10. The van der Waals surface area contributed by atoms with Crippen molar-refractivity contribution in [1.29, 1.82) is 0 Å². The molecule has 1 aromatic heterocycles. The maximum absolute atomic E-state index is 13.1. The van der Waals surface area contributed by atoms with Crippen molar-refractivity contribution in [3.63, 3.8) is 0 Å². The van der Waals surface area contributed by atoms with E-state index in [1.165, 1.54) is 11.1 Å².